The van der Waals surface area contributed by atoms with Crippen LogP contribution in [0.5, 0.6) is 0 Å². The largest absolute Gasteiger partial charge is 0.339 e. The predicted octanol–water partition coefficient (Wildman–Crippen LogP) is 3.33. The molecule has 0 unspecified atom stereocenters. The van der Waals surface area contributed by atoms with Gasteiger partial charge in [-0.15, -0.1) is 10.2 Å². The highest BCUT2D eigenvalue weighted by molar-refractivity contribution is 8.01. The molecule has 1 aliphatic heterocycles. The maximum Gasteiger partial charge on any atom is 0.233 e. The Kier molecular flexibility index (Phi) is 6.58. The molecule has 7 nitrogen and oxygen atoms in total. The third-order valence-corrected chi connectivity index (χ3v) is 7.52. The highest BCUT2D eigenvalue weighted by Crippen LogP contribution is 2.32. The van der Waals surface area contributed by atoms with Crippen molar-refractivity contribution in [3.63, 3.8) is 0 Å². The van der Waals surface area contributed by atoms with E-state index in [1.54, 1.807) is 0 Å². The molecule has 0 bridgehead atoms. The van der Waals surface area contributed by atoms with Crippen molar-refractivity contribution in [2.45, 2.75) is 37.4 Å². The molecule has 0 radical (unpaired) electrons. The molecule has 1 aromatic heterocycles. The van der Waals surface area contributed by atoms with E-state index in [1.807, 2.05) is 9.80 Å². The molecule has 1 saturated carbocycles. The molecule has 1 aliphatic carbocycles. The second-order valence-electron chi connectivity index (χ2n) is 7.73. The summed E-state index contributed by atoms with van der Waals surface area (Å²) in [5.41, 5.74) is 3.50. The Bertz CT molecular complexity index is 920. The van der Waals surface area contributed by atoms with Gasteiger partial charge in [0.05, 0.1) is 5.75 Å². The average Bonchev–Trinajstić information content (AvgIpc) is 3.52. The molecule has 2 heterocycles. The van der Waals surface area contributed by atoms with Gasteiger partial charge in [-0.2, -0.15) is 0 Å². The molecule has 2 aliphatic rings. The maximum atomic E-state index is 12.6. The summed E-state index contributed by atoms with van der Waals surface area (Å²) >= 11 is 2.89. The Morgan fingerprint density at radius 1 is 1.17 bits per heavy atom. The van der Waals surface area contributed by atoms with Crippen molar-refractivity contribution in [1.82, 2.24) is 20.0 Å². The van der Waals surface area contributed by atoms with E-state index < -0.39 is 0 Å². The van der Waals surface area contributed by atoms with Crippen LogP contribution in [0.15, 0.2) is 22.5 Å². The van der Waals surface area contributed by atoms with Crippen LogP contribution in [0.25, 0.3) is 0 Å². The number of piperazine rings is 1. The van der Waals surface area contributed by atoms with E-state index in [0.717, 1.165) is 34.4 Å². The van der Waals surface area contributed by atoms with Gasteiger partial charge >= 0.3 is 0 Å². The van der Waals surface area contributed by atoms with Crippen LogP contribution in [0, 0.1) is 12.8 Å². The first-order valence-corrected chi connectivity index (χ1v) is 12.2. The Morgan fingerprint density at radius 3 is 2.60 bits per heavy atom. The number of carbonyl (C=O) groups is 2. The molecular weight excluding hydrogens is 418 g/mol. The summed E-state index contributed by atoms with van der Waals surface area (Å²) in [6.07, 6.45) is 2.99. The number of rotatable bonds is 7. The van der Waals surface area contributed by atoms with Crippen LogP contribution in [-0.2, 0) is 16.0 Å². The number of para-hydroxylation sites is 1. The van der Waals surface area contributed by atoms with Gasteiger partial charge in [0.1, 0.15) is 0 Å². The standard InChI is InChI=1S/C21H27N5O2S2/c1-3-15-6-4-5-14(2)18(15)22-20-23-24-21(30-20)29-13-17(27)25-9-11-26(12-10-25)19(28)16-7-8-16/h4-6,16H,3,7-13H2,1-2H3,(H,22,23). The molecule has 2 aromatic rings. The number of benzene rings is 1. The van der Waals surface area contributed by atoms with Gasteiger partial charge < -0.3 is 15.1 Å². The Balaban J connectivity index is 1.26. The molecule has 9 heteroatoms. The fraction of sp³-hybridized carbons (Fsp3) is 0.524. The molecule has 2 amide bonds. The van der Waals surface area contributed by atoms with Gasteiger partial charge in [0.15, 0.2) is 4.34 Å². The molecule has 4 rings (SSSR count). The van der Waals surface area contributed by atoms with Crippen LogP contribution < -0.4 is 5.32 Å². The lowest BCUT2D eigenvalue weighted by atomic mass is 10.1. The molecule has 1 N–H and O–H groups in total. The normalized spacial score (nSPS) is 16.6. The molecule has 0 atom stereocenters. The van der Waals surface area contributed by atoms with Gasteiger partial charge in [0.25, 0.3) is 0 Å². The fourth-order valence-electron chi connectivity index (χ4n) is 3.61. The number of amides is 2. The zero-order chi connectivity index (χ0) is 21.1. The van der Waals surface area contributed by atoms with Crippen molar-refractivity contribution in [2.24, 2.45) is 5.92 Å². The lowest BCUT2D eigenvalue weighted by Gasteiger charge is -2.34. The zero-order valence-electron chi connectivity index (χ0n) is 17.4. The topological polar surface area (TPSA) is 78.4 Å². The summed E-state index contributed by atoms with van der Waals surface area (Å²) in [5.74, 6) is 0.951. The van der Waals surface area contributed by atoms with Gasteiger partial charge in [-0.05, 0) is 37.3 Å². The van der Waals surface area contributed by atoms with E-state index >= 15 is 0 Å². The van der Waals surface area contributed by atoms with Crippen molar-refractivity contribution in [3.05, 3.63) is 29.3 Å². The Morgan fingerprint density at radius 2 is 1.90 bits per heavy atom. The molecular formula is C21H27N5O2S2. The molecule has 0 spiro atoms. The second kappa shape index (κ2) is 9.34. The minimum absolute atomic E-state index is 0.0930. The molecule has 1 aromatic carbocycles. The number of aryl methyl sites for hydroxylation is 2. The Labute approximate surface area is 185 Å². The first-order chi connectivity index (χ1) is 14.5. The average molecular weight is 446 g/mol. The summed E-state index contributed by atoms with van der Waals surface area (Å²) in [5, 5.41) is 12.6. The minimum atomic E-state index is 0.0930. The van der Waals surface area contributed by atoms with E-state index in [4.69, 9.17) is 0 Å². The van der Waals surface area contributed by atoms with Crippen LogP contribution in [0.4, 0.5) is 10.8 Å². The second-order valence-corrected chi connectivity index (χ2v) is 9.93. The first kappa shape index (κ1) is 21.1. The number of aromatic nitrogens is 2. The van der Waals surface area contributed by atoms with Crippen LogP contribution in [0.2, 0.25) is 0 Å². The van der Waals surface area contributed by atoms with Crippen molar-refractivity contribution >= 4 is 45.7 Å². The molecule has 160 valence electrons. The van der Waals surface area contributed by atoms with Crippen LogP contribution in [0.3, 0.4) is 0 Å². The minimum Gasteiger partial charge on any atom is -0.339 e. The van der Waals surface area contributed by atoms with Crippen LogP contribution in [0.1, 0.15) is 30.9 Å². The lowest BCUT2D eigenvalue weighted by molar-refractivity contribution is -0.139. The third kappa shape index (κ3) is 4.95. The molecule has 2 fully saturated rings. The summed E-state index contributed by atoms with van der Waals surface area (Å²) in [6, 6.07) is 6.26. The highest BCUT2D eigenvalue weighted by Gasteiger charge is 2.35. The zero-order valence-corrected chi connectivity index (χ0v) is 19.0. The van der Waals surface area contributed by atoms with E-state index in [0.29, 0.717) is 31.9 Å². The fourth-order valence-corrected chi connectivity index (χ4v) is 5.27. The van der Waals surface area contributed by atoms with E-state index in [1.165, 1.54) is 34.2 Å². The van der Waals surface area contributed by atoms with E-state index in [9.17, 15) is 9.59 Å². The summed E-state index contributed by atoms with van der Waals surface area (Å²) in [4.78, 5) is 28.5. The van der Waals surface area contributed by atoms with E-state index in [-0.39, 0.29) is 17.7 Å². The third-order valence-electron chi connectivity index (χ3n) is 5.57. The summed E-state index contributed by atoms with van der Waals surface area (Å²) in [7, 11) is 0. The van der Waals surface area contributed by atoms with Crippen molar-refractivity contribution in [3.8, 4) is 0 Å². The van der Waals surface area contributed by atoms with Gasteiger partial charge in [-0.25, -0.2) is 0 Å². The number of nitrogens with one attached hydrogen (secondary N) is 1. The maximum absolute atomic E-state index is 12.6. The number of hydrogen-bond acceptors (Lipinski definition) is 7. The predicted molar refractivity (Wildman–Crippen MR) is 120 cm³/mol. The quantitative estimate of drug-likeness (QED) is 0.659. The molecule has 1 saturated heterocycles. The highest BCUT2D eigenvalue weighted by atomic mass is 32.2. The first-order valence-electron chi connectivity index (χ1n) is 10.4. The number of hydrogen-bond donors (Lipinski definition) is 1. The van der Waals surface area contributed by atoms with Crippen molar-refractivity contribution < 1.29 is 9.59 Å². The summed E-state index contributed by atoms with van der Waals surface area (Å²) in [6.45, 7) is 6.74. The van der Waals surface area contributed by atoms with Crippen LogP contribution in [-0.4, -0.2) is 63.7 Å². The van der Waals surface area contributed by atoms with Gasteiger partial charge in [-0.3, -0.25) is 9.59 Å². The number of thioether (sulfide) groups is 1. The number of nitrogens with zero attached hydrogens (tertiary/aromatic N) is 4. The van der Waals surface area contributed by atoms with Gasteiger partial charge in [0, 0.05) is 37.8 Å². The smallest absolute Gasteiger partial charge is 0.233 e. The number of anilines is 2. The van der Waals surface area contributed by atoms with Gasteiger partial charge in [0.2, 0.25) is 16.9 Å². The SMILES string of the molecule is CCc1cccc(C)c1Nc1nnc(SCC(=O)N2CCN(C(=O)C3CC3)CC2)s1. The van der Waals surface area contributed by atoms with Crippen molar-refractivity contribution in [2.75, 3.05) is 37.2 Å². The van der Waals surface area contributed by atoms with E-state index in [2.05, 4.69) is 47.6 Å². The lowest BCUT2D eigenvalue weighted by Crippen LogP contribution is -2.51. The molecule has 30 heavy (non-hydrogen) atoms. The van der Waals surface area contributed by atoms with Gasteiger partial charge in [-0.1, -0.05) is 48.2 Å². The Hall–Kier alpha value is -2.13. The summed E-state index contributed by atoms with van der Waals surface area (Å²) < 4.78 is 0.778. The monoisotopic (exact) mass is 445 g/mol. The van der Waals surface area contributed by atoms with Crippen LogP contribution >= 0.6 is 23.1 Å². The van der Waals surface area contributed by atoms with Crippen molar-refractivity contribution in [1.29, 1.82) is 0 Å². The number of carbonyl (C=O) groups excluding carboxylic acids is 2.